The van der Waals surface area contributed by atoms with E-state index in [4.69, 9.17) is 0 Å². The Morgan fingerprint density at radius 1 is 1.30 bits per heavy atom. The van der Waals surface area contributed by atoms with Gasteiger partial charge in [-0.2, -0.15) is 13.2 Å². The molecule has 0 spiro atoms. The number of aromatic nitrogens is 3. The van der Waals surface area contributed by atoms with Crippen molar-refractivity contribution >= 4 is 5.97 Å². The molecule has 0 bridgehead atoms. The van der Waals surface area contributed by atoms with E-state index in [9.17, 15) is 18.0 Å². The molecule has 0 atom stereocenters. The van der Waals surface area contributed by atoms with Gasteiger partial charge in [-0.1, -0.05) is 30.3 Å². The summed E-state index contributed by atoms with van der Waals surface area (Å²) in [5.41, 5.74) is 0.741. The van der Waals surface area contributed by atoms with Crippen LogP contribution in [0.2, 0.25) is 0 Å². The number of esters is 1. The third kappa shape index (κ3) is 5.37. The fourth-order valence-electron chi connectivity index (χ4n) is 2.00. The zero-order valence-corrected chi connectivity index (χ0v) is 12.3. The molecule has 0 amide bonds. The van der Waals surface area contributed by atoms with Crippen molar-refractivity contribution in [3.63, 3.8) is 0 Å². The summed E-state index contributed by atoms with van der Waals surface area (Å²) < 4.78 is 43.8. The van der Waals surface area contributed by atoms with E-state index in [0.29, 0.717) is 0 Å². The Kier molecular flexibility index (Phi) is 5.32. The van der Waals surface area contributed by atoms with Crippen LogP contribution in [0.1, 0.15) is 16.2 Å². The van der Waals surface area contributed by atoms with Crippen LogP contribution in [0.4, 0.5) is 13.2 Å². The number of halogens is 3. The largest absolute Gasteiger partial charge is 0.463 e. The van der Waals surface area contributed by atoms with Crippen LogP contribution >= 0.6 is 0 Å². The standard InChI is InChI=1S/C14H15F3N4O2/c1-23-13(22)12-18-9-21(19-12)10-20(8-14(15,16)17)7-11-5-3-2-4-6-11/h2-6,9H,7-8,10H2,1H3. The lowest BCUT2D eigenvalue weighted by Gasteiger charge is -2.23. The fraction of sp³-hybridized carbons (Fsp3) is 0.357. The number of rotatable bonds is 6. The summed E-state index contributed by atoms with van der Waals surface area (Å²) in [6, 6.07) is 8.78. The van der Waals surface area contributed by atoms with E-state index in [1.807, 2.05) is 0 Å². The van der Waals surface area contributed by atoms with Crippen molar-refractivity contribution in [2.75, 3.05) is 13.7 Å². The summed E-state index contributed by atoms with van der Waals surface area (Å²) in [6.07, 6.45) is -3.15. The molecule has 0 N–H and O–H groups in total. The van der Waals surface area contributed by atoms with Crippen LogP contribution in [0.25, 0.3) is 0 Å². The lowest BCUT2D eigenvalue weighted by molar-refractivity contribution is -0.151. The number of methoxy groups -OCH3 is 1. The van der Waals surface area contributed by atoms with Crippen molar-refractivity contribution in [2.45, 2.75) is 19.4 Å². The summed E-state index contributed by atoms with van der Waals surface area (Å²) in [7, 11) is 1.17. The maximum absolute atomic E-state index is 12.7. The van der Waals surface area contributed by atoms with Crippen molar-refractivity contribution in [2.24, 2.45) is 0 Å². The van der Waals surface area contributed by atoms with Gasteiger partial charge in [0, 0.05) is 6.54 Å². The maximum Gasteiger partial charge on any atom is 0.401 e. The second-order valence-electron chi connectivity index (χ2n) is 4.83. The summed E-state index contributed by atoms with van der Waals surface area (Å²) in [4.78, 5) is 16.1. The molecule has 23 heavy (non-hydrogen) atoms. The molecule has 2 aromatic rings. The number of hydrogen-bond acceptors (Lipinski definition) is 5. The van der Waals surface area contributed by atoms with Gasteiger partial charge >= 0.3 is 12.1 Å². The van der Waals surface area contributed by atoms with Gasteiger partial charge in [0.1, 0.15) is 6.33 Å². The van der Waals surface area contributed by atoms with E-state index in [0.717, 1.165) is 10.5 Å². The Bertz CT molecular complexity index is 643. The monoisotopic (exact) mass is 328 g/mol. The first-order chi connectivity index (χ1) is 10.9. The Morgan fingerprint density at radius 3 is 2.61 bits per heavy atom. The van der Waals surface area contributed by atoms with Crippen LogP contribution in [0.3, 0.4) is 0 Å². The van der Waals surface area contributed by atoms with Gasteiger partial charge in [0.05, 0.1) is 20.3 Å². The molecule has 0 radical (unpaired) electrons. The smallest absolute Gasteiger partial charge is 0.401 e. The van der Waals surface area contributed by atoms with Crippen LogP contribution < -0.4 is 0 Å². The quantitative estimate of drug-likeness (QED) is 0.760. The normalized spacial score (nSPS) is 11.7. The van der Waals surface area contributed by atoms with E-state index < -0.39 is 18.7 Å². The van der Waals surface area contributed by atoms with E-state index in [1.165, 1.54) is 18.1 Å². The zero-order chi connectivity index (χ0) is 16.9. The second kappa shape index (κ2) is 7.23. The van der Waals surface area contributed by atoms with Crippen LogP contribution in [0.15, 0.2) is 36.7 Å². The van der Waals surface area contributed by atoms with Gasteiger partial charge in [0.25, 0.3) is 5.82 Å². The molecule has 2 rings (SSSR count). The summed E-state index contributed by atoms with van der Waals surface area (Å²) in [5.74, 6) is -0.937. The van der Waals surface area contributed by atoms with Crippen molar-refractivity contribution < 1.29 is 22.7 Å². The Labute approximate surface area is 130 Å². The van der Waals surface area contributed by atoms with Crippen LogP contribution in [-0.4, -0.2) is 45.5 Å². The number of ether oxygens (including phenoxy) is 1. The van der Waals surface area contributed by atoms with Crippen molar-refractivity contribution in [3.05, 3.63) is 48.0 Å². The number of carbonyl (C=O) groups excluding carboxylic acids is 1. The minimum atomic E-state index is -4.35. The van der Waals surface area contributed by atoms with Gasteiger partial charge < -0.3 is 4.74 Å². The molecule has 6 nitrogen and oxygen atoms in total. The van der Waals surface area contributed by atoms with Gasteiger partial charge in [-0.25, -0.2) is 14.5 Å². The summed E-state index contributed by atoms with van der Waals surface area (Å²) >= 11 is 0. The molecule has 1 aromatic carbocycles. The SMILES string of the molecule is COC(=O)c1ncn(CN(Cc2ccccc2)CC(F)(F)F)n1. The number of nitrogens with zero attached hydrogens (tertiary/aromatic N) is 4. The molecule has 1 heterocycles. The molecule has 0 aliphatic heterocycles. The van der Waals surface area contributed by atoms with Gasteiger partial charge in [-0.15, -0.1) is 5.10 Å². The zero-order valence-electron chi connectivity index (χ0n) is 12.3. The highest BCUT2D eigenvalue weighted by atomic mass is 19.4. The average molecular weight is 328 g/mol. The van der Waals surface area contributed by atoms with Gasteiger partial charge in [-0.3, -0.25) is 4.90 Å². The molecule has 0 aliphatic rings. The molecule has 0 unspecified atom stereocenters. The average Bonchev–Trinajstić information content (AvgIpc) is 2.94. The molecule has 0 saturated heterocycles. The topological polar surface area (TPSA) is 60.2 Å². The van der Waals surface area contributed by atoms with E-state index in [1.54, 1.807) is 30.3 Å². The van der Waals surface area contributed by atoms with Crippen LogP contribution in [0, 0.1) is 0 Å². The predicted molar refractivity (Wildman–Crippen MR) is 74.3 cm³/mol. The van der Waals surface area contributed by atoms with Crippen molar-refractivity contribution in [1.82, 2.24) is 19.7 Å². The van der Waals surface area contributed by atoms with Crippen LogP contribution in [0.5, 0.6) is 0 Å². The third-order valence-electron chi connectivity index (χ3n) is 2.90. The molecule has 0 fully saturated rings. The highest BCUT2D eigenvalue weighted by Crippen LogP contribution is 2.18. The highest BCUT2D eigenvalue weighted by molar-refractivity contribution is 5.84. The summed E-state index contributed by atoms with van der Waals surface area (Å²) in [6.45, 7) is -1.17. The lowest BCUT2D eigenvalue weighted by Crippen LogP contribution is -2.35. The minimum absolute atomic E-state index is 0.0910. The Balaban J connectivity index is 2.10. The first kappa shape index (κ1) is 16.9. The highest BCUT2D eigenvalue weighted by Gasteiger charge is 2.31. The third-order valence-corrected chi connectivity index (χ3v) is 2.90. The number of alkyl halides is 3. The predicted octanol–water partition coefficient (Wildman–Crippen LogP) is 2.09. The Hall–Kier alpha value is -2.42. The second-order valence-corrected chi connectivity index (χ2v) is 4.83. The molecular weight excluding hydrogens is 313 g/mol. The molecule has 1 aromatic heterocycles. The molecule has 9 heteroatoms. The number of benzene rings is 1. The molecular formula is C14H15F3N4O2. The van der Waals surface area contributed by atoms with Crippen molar-refractivity contribution in [3.8, 4) is 0 Å². The minimum Gasteiger partial charge on any atom is -0.463 e. The van der Waals surface area contributed by atoms with E-state index in [-0.39, 0.29) is 19.0 Å². The number of carbonyl (C=O) groups is 1. The first-order valence-electron chi connectivity index (χ1n) is 6.68. The van der Waals surface area contributed by atoms with Gasteiger partial charge in [0.2, 0.25) is 0 Å². The Morgan fingerprint density at radius 2 is 2.00 bits per heavy atom. The van der Waals surface area contributed by atoms with Gasteiger partial charge in [-0.05, 0) is 5.56 Å². The first-order valence-corrected chi connectivity index (χ1v) is 6.68. The maximum atomic E-state index is 12.7. The summed E-state index contributed by atoms with van der Waals surface area (Å²) in [5, 5.41) is 3.81. The lowest BCUT2D eigenvalue weighted by atomic mass is 10.2. The number of hydrogen-bond donors (Lipinski definition) is 0. The fourth-order valence-corrected chi connectivity index (χ4v) is 2.00. The van der Waals surface area contributed by atoms with Crippen molar-refractivity contribution in [1.29, 1.82) is 0 Å². The molecule has 0 aliphatic carbocycles. The van der Waals surface area contributed by atoms with E-state index in [2.05, 4.69) is 14.8 Å². The van der Waals surface area contributed by atoms with Crippen LogP contribution in [-0.2, 0) is 18.0 Å². The van der Waals surface area contributed by atoms with E-state index >= 15 is 0 Å². The van der Waals surface area contributed by atoms with Gasteiger partial charge in [0.15, 0.2) is 0 Å². The molecule has 0 saturated carbocycles. The molecule has 124 valence electrons.